The molecule has 0 spiro atoms. The molecule has 1 amide bonds. The number of halogens is 3. The highest BCUT2D eigenvalue weighted by Gasteiger charge is 2.06. The van der Waals surface area contributed by atoms with Crippen LogP contribution in [0.3, 0.4) is 0 Å². The molecule has 2 aromatic carbocycles. The van der Waals surface area contributed by atoms with Gasteiger partial charge in [-0.15, -0.1) is 0 Å². The van der Waals surface area contributed by atoms with E-state index in [9.17, 15) is 9.18 Å². The van der Waals surface area contributed by atoms with Gasteiger partial charge in [-0.25, -0.2) is 4.39 Å². The van der Waals surface area contributed by atoms with Crippen molar-refractivity contribution in [3.8, 4) is 0 Å². The first-order valence-corrected chi connectivity index (χ1v) is 8.02. The molecule has 0 bridgehead atoms. The van der Waals surface area contributed by atoms with Crippen molar-refractivity contribution in [2.75, 3.05) is 5.32 Å². The Hall–Kier alpha value is -1.76. The predicted octanol–water partition coefficient (Wildman–Crippen LogP) is 4.77. The Labute approximate surface area is 151 Å². The van der Waals surface area contributed by atoms with Crippen molar-refractivity contribution in [3.63, 3.8) is 0 Å². The fourth-order valence-corrected chi connectivity index (χ4v) is 2.31. The Morgan fingerprint density at radius 3 is 2.57 bits per heavy atom. The fraction of sp³-hybridized carbons (Fsp3) is 0. The predicted molar refractivity (Wildman–Crippen MR) is 98.9 cm³/mol. The van der Waals surface area contributed by atoms with Crippen LogP contribution in [0.25, 0.3) is 6.08 Å². The van der Waals surface area contributed by atoms with E-state index >= 15 is 0 Å². The summed E-state index contributed by atoms with van der Waals surface area (Å²) in [6.45, 7) is 0. The lowest BCUT2D eigenvalue weighted by molar-refractivity contribution is -0.115. The van der Waals surface area contributed by atoms with E-state index in [4.69, 9.17) is 23.8 Å². The maximum absolute atomic E-state index is 13.7. The number of nitrogens with one attached hydrogen (secondary N) is 2. The van der Waals surface area contributed by atoms with Gasteiger partial charge in [0.05, 0.1) is 5.69 Å². The van der Waals surface area contributed by atoms with Crippen molar-refractivity contribution in [3.05, 3.63) is 69.4 Å². The summed E-state index contributed by atoms with van der Waals surface area (Å²) in [4.78, 5) is 11.8. The van der Waals surface area contributed by atoms with Gasteiger partial charge in [0, 0.05) is 15.6 Å². The number of hydrogen-bond donors (Lipinski definition) is 2. The zero-order chi connectivity index (χ0) is 16.8. The van der Waals surface area contributed by atoms with Crippen LogP contribution in [0.5, 0.6) is 0 Å². The van der Waals surface area contributed by atoms with Crippen molar-refractivity contribution < 1.29 is 9.18 Å². The Morgan fingerprint density at radius 2 is 1.91 bits per heavy atom. The molecule has 0 aliphatic carbocycles. The van der Waals surface area contributed by atoms with Gasteiger partial charge in [-0.2, -0.15) is 0 Å². The third-order valence-electron chi connectivity index (χ3n) is 2.71. The first kappa shape index (κ1) is 17.6. The van der Waals surface area contributed by atoms with Crippen LogP contribution in [0.15, 0.2) is 53.0 Å². The average molecular weight is 414 g/mol. The first-order chi connectivity index (χ1) is 10.9. The number of carbonyl (C=O) groups excluding carboxylic acids is 1. The molecule has 7 heteroatoms. The zero-order valence-corrected chi connectivity index (χ0v) is 14.8. The molecule has 0 aliphatic heterocycles. The molecule has 0 saturated carbocycles. The molecule has 0 saturated heterocycles. The molecule has 118 valence electrons. The molecule has 0 fully saturated rings. The monoisotopic (exact) mass is 412 g/mol. The Kier molecular flexibility index (Phi) is 6.27. The number of anilines is 1. The van der Waals surface area contributed by atoms with Crippen LogP contribution >= 0.6 is 39.7 Å². The summed E-state index contributed by atoms with van der Waals surface area (Å²) in [6.07, 6.45) is 2.95. The molecular formula is C16H11BrClFN2OS. The minimum absolute atomic E-state index is 0.0111. The molecular weight excluding hydrogens is 403 g/mol. The quantitative estimate of drug-likeness (QED) is 0.563. The highest BCUT2D eigenvalue weighted by molar-refractivity contribution is 9.10. The van der Waals surface area contributed by atoms with Crippen LogP contribution in [0.2, 0.25) is 5.02 Å². The first-order valence-electron chi connectivity index (χ1n) is 6.45. The van der Waals surface area contributed by atoms with E-state index < -0.39 is 11.7 Å². The molecule has 2 aromatic rings. The third-order valence-corrected chi connectivity index (χ3v) is 3.66. The van der Waals surface area contributed by atoms with Crippen molar-refractivity contribution in [1.82, 2.24) is 5.32 Å². The van der Waals surface area contributed by atoms with Gasteiger partial charge in [0.1, 0.15) is 5.82 Å². The summed E-state index contributed by atoms with van der Waals surface area (Å²) in [7, 11) is 0. The lowest BCUT2D eigenvalue weighted by atomic mass is 10.2. The van der Waals surface area contributed by atoms with Crippen LogP contribution < -0.4 is 10.6 Å². The molecule has 3 nitrogen and oxygen atoms in total. The standard InChI is InChI=1S/C16H11BrClFN2OS/c17-11-4-7-14(13(19)9-11)20-16(23)21-15(22)8-3-10-1-5-12(18)6-2-10/h1-9H,(H2,20,21,22,23)/b8-3+. The largest absolute Gasteiger partial charge is 0.330 e. The summed E-state index contributed by atoms with van der Waals surface area (Å²) < 4.78 is 14.3. The van der Waals surface area contributed by atoms with Gasteiger partial charge in [0.2, 0.25) is 5.91 Å². The molecule has 2 N–H and O–H groups in total. The van der Waals surface area contributed by atoms with E-state index in [0.717, 1.165) is 5.56 Å². The molecule has 0 aromatic heterocycles. The van der Waals surface area contributed by atoms with Gasteiger partial charge in [0.25, 0.3) is 0 Å². The lowest BCUT2D eigenvalue weighted by Gasteiger charge is -2.09. The topological polar surface area (TPSA) is 41.1 Å². The highest BCUT2D eigenvalue weighted by Crippen LogP contribution is 2.19. The van der Waals surface area contributed by atoms with E-state index in [1.54, 1.807) is 36.4 Å². The minimum atomic E-state index is -0.479. The van der Waals surface area contributed by atoms with Crippen LogP contribution in [0.4, 0.5) is 10.1 Å². The SMILES string of the molecule is O=C(/C=C/c1ccc(Cl)cc1)NC(=S)Nc1ccc(Br)cc1F. The van der Waals surface area contributed by atoms with Gasteiger partial charge in [-0.3, -0.25) is 10.1 Å². The van der Waals surface area contributed by atoms with Gasteiger partial charge in [0.15, 0.2) is 5.11 Å². The van der Waals surface area contributed by atoms with E-state index in [-0.39, 0.29) is 10.8 Å². The fourth-order valence-electron chi connectivity index (χ4n) is 1.64. The number of thiocarbonyl (C=S) groups is 1. The van der Waals surface area contributed by atoms with E-state index in [0.29, 0.717) is 9.50 Å². The zero-order valence-electron chi connectivity index (χ0n) is 11.6. The molecule has 0 heterocycles. The smallest absolute Gasteiger partial charge is 0.250 e. The molecule has 23 heavy (non-hydrogen) atoms. The number of rotatable bonds is 3. The average Bonchev–Trinajstić information content (AvgIpc) is 2.49. The van der Waals surface area contributed by atoms with Gasteiger partial charge in [-0.1, -0.05) is 39.7 Å². The van der Waals surface area contributed by atoms with Gasteiger partial charge < -0.3 is 5.32 Å². The summed E-state index contributed by atoms with van der Waals surface area (Å²) >= 11 is 13.9. The third kappa shape index (κ3) is 5.74. The summed E-state index contributed by atoms with van der Waals surface area (Å²) in [6, 6.07) is 11.5. The van der Waals surface area contributed by atoms with E-state index in [1.165, 1.54) is 18.2 Å². The summed E-state index contributed by atoms with van der Waals surface area (Å²) in [5.74, 6) is -0.900. The maximum atomic E-state index is 13.7. The normalized spacial score (nSPS) is 10.6. The van der Waals surface area contributed by atoms with Crippen LogP contribution in [-0.4, -0.2) is 11.0 Å². The molecule has 0 unspecified atom stereocenters. The Morgan fingerprint density at radius 1 is 1.22 bits per heavy atom. The van der Waals surface area contributed by atoms with Gasteiger partial charge in [-0.05, 0) is 54.2 Å². The maximum Gasteiger partial charge on any atom is 0.250 e. The molecule has 0 aliphatic rings. The summed E-state index contributed by atoms with van der Waals surface area (Å²) in [5, 5.41) is 5.70. The number of amides is 1. The highest BCUT2D eigenvalue weighted by atomic mass is 79.9. The second-order valence-corrected chi connectivity index (χ2v) is 6.21. The number of benzene rings is 2. The van der Waals surface area contributed by atoms with Crippen LogP contribution in [-0.2, 0) is 4.79 Å². The Bertz CT molecular complexity index is 765. The van der Waals surface area contributed by atoms with Crippen LogP contribution in [0.1, 0.15) is 5.56 Å². The second kappa shape index (κ2) is 8.19. The van der Waals surface area contributed by atoms with Crippen molar-refractivity contribution >= 4 is 62.5 Å². The Balaban J connectivity index is 1.91. The number of hydrogen-bond acceptors (Lipinski definition) is 2. The minimum Gasteiger partial charge on any atom is -0.330 e. The number of carbonyl (C=O) groups is 1. The molecule has 0 atom stereocenters. The van der Waals surface area contributed by atoms with Gasteiger partial charge >= 0.3 is 0 Å². The summed E-state index contributed by atoms with van der Waals surface area (Å²) in [5.41, 5.74) is 1.00. The molecule has 0 radical (unpaired) electrons. The van der Waals surface area contributed by atoms with Crippen molar-refractivity contribution in [2.45, 2.75) is 0 Å². The second-order valence-electron chi connectivity index (χ2n) is 4.45. The van der Waals surface area contributed by atoms with E-state index in [1.807, 2.05) is 0 Å². The van der Waals surface area contributed by atoms with Crippen LogP contribution in [0, 0.1) is 5.82 Å². The molecule has 2 rings (SSSR count). The van der Waals surface area contributed by atoms with E-state index in [2.05, 4.69) is 26.6 Å². The van der Waals surface area contributed by atoms with Crippen molar-refractivity contribution in [1.29, 1.82) is 0 Å². The van der Waals surface area contributed by atoms with Crippen molar-refractivity contribution in [2.24, 2.45) is 0 Å². The lowest BCUT2D eigenvalue weighted by Crippen LogP contribution is -2.33.